The van der Waals surface area contributed by atoms with Crippen LogP contribution in [-0.2, 0) is 0 Å². The Labute approximate surface area is 128 Å². The normalized spacial score (nSPS) is 11.0. The summed E-state index contributed by atoms with van der Waals surface area (Å²) in [5.41, 5.74) is 2.63. The molecule has 5 nitrogen and oxygen atoms in total. The number of carbonyl (C=O) groups is 1. The fourth-order valence-corrected chi connectivity index (χ4v) is 2.82. The number of aromatic carboxylic acids is 1. The van der Waals surface area contributed by atoms with Crippen molar-refractivity contribution in [3.05, 3.63) is 62.5 Å². The number of nitrogens with zero attached hydrogens (tertiary/aromatic N) is 1. The van der Waals surface area contributed by atoms with Gasteiger partial charge < -0.3 is 10.1 Å². The molecule has 0 radical (unpaired) electrons. The van der Waals surface area contributed by atoms with Crippen LogP contribution in [0.1, 0.15) is 15.9 Å². The SMILES string of the molecule is Cc1cc(Br)ccc1-n1c(=O)[nH]c2ccc(C(=O)O)cc21. The number of aryl methyl sites for hydroxylation is 1. The van der Waals surface area contributed by atoms with Crippen molar-refractivity contribution in [2.24, 2.45) is 0 Å². The van der Waals surface area contributed by atoms with E-state index < -0.39 is 5.97 Å². The predicted octanol–water partition coefficient (Wildman–Crippen LogP) is 3.09. The molecule has 0 amide bonds. The second-order valence-corrected chi connectivity index (χ2v) is 5.65. The fraction of sp³-hybridized carbons (Fsp3) is 0.0667. The first-order chi connectivity index (χ1) is 9.97. The van der Waals surface area contributed by atoms with Crippen LogP contribution in [0.2, 0.25) is 0 Å². The third kappa shape index (κ3) is 2.27. The molecule has 0 bridgehead atoms. The van der Waals surface area contributed by atoms with Gasteiger partial charge in [0, 0.05) is 4.47 Å². The number of imidazole rings is 1. The van der Waals surface area contributed by atoms with Crippen molar-refractivity contribution in [1.29, 1.82) is 0 Å². The van der Waals surface area contributed by atoms with Crippen molar-refractivity contribution in [2.75, 3.05) is 0 Å². The van der Waals surface area contributed by atoms with Gasteiger partial charge in [0.2, 0.25) is 0 Å². The van der Waals surface area contributed by atoms with Crippen LogP contribution in [0.3, 0.4) is 0 Å². The molecule has 0 atom stereocenters. The predicted molar refractivity (Wildman–Crippen MR) is 83.3 cm³/mol. The molecule has 0 fully saturated rings. The van der Waals surface area contributed by atoms with E-state index in [0.717, 1.165) is 15.7 Å². The Morgan fingerprint density at radius 1 is 1.24 bits per heavy atom. The van der Waals surface area contributed by atoms with Crippen LogP contribution in [0.25, 0.3) is 16.7 Å². The maximum absolute atomic E-state index is 12.2. The maximum Gasteiger partial charge on any atom is 0.335 e. The molecule has 21 heavy (non-hydrogen) atoms. The number of aromatic amines is 1. The lowest BCUT2D eigenvalue weighted by Gasteiger charge is -2.08. The summed E-state index contributed by atoms with van der Waals surface area (Å²) >= 11 is 3.39. The second kappa shape index (κ2) is 4.89. The Morgan fingerprint density at radius 3 is 2.67 bits per heavy atom. The molecule has 0 aliphatic rings. The lowest BCUT2D eigenvalue weighted by Crippen LogP contribution is -2.15. The lowest BCUT2D eigenvalue weighted by atomic mass is 10.1. The zero-order valence-corrected chi connectivity index (χ0v) is 12.6. The lowest BCUT2D eigenvalue weighted by molar-refractivity contribution is 0.0697. The maximum atomic E-state index is 12.2. The third-order valence-electron chi connectivity index (χ3n) is 3.33. The molecule has 2 aromatic carbocycles. The molecule has 0 aliphatic heterocycles. The minimum absolute atomic E-state index is 0.144. The smallest absolute Gasteiger partial charge is 0.335 e. The van der Waals surface area contributed by atoms with E-state index >= 15 is 0 Å². The first kappa shape index (κ1) is 13.6. The molecule has 0 aliphatic carbocycles. The van der Waals surface area contributed by atoms with Gasteiger partial charge in [-0.2, -0.15) is 0 Å². The van der Waals surface area contributed by atoms with E-state index in [9.17, 15) is 9.59 Å². The fourth-order valence-electron chi connectivity index (χ4n) is 2.34. The topological polar surface area (TPSA) is 75.1 Å². The molecule has 0 unspecified atom stereocenters. The van der Waals surface area contributed by atoms with E-state index in [1.54, 1.807) is 6.07 Å². The third-order valence-corrected chi connectivity index (χ3v) is 3.82. The van der Waals surface area contributed by atoms with Crippen LogP contribution in [0, 0.1) is 6.92 Å². The zero-order valence-electron chi connectivity index (χ0n) is 11.1. The Bertz CT molecular complexity index is 924. The Hall–Kier alpha value is -2.34. The summed E-state index contributed by atoms with van der Waals surface area (Å²) < 4.78 is 2.41. The Balaban J connectivity index is 2.35. The molecule has 0 saturated heterocycles. The minimum atomic E-state index is -1.02. The summed E-state index contributed by atoms with van der Waals surface area (Å²) in [6, 6.07) is 10.1. The molecule has 1 heterocycles. The summed E-state index contributed by atoms with van der Waals surface area (Å²) in [5, 5.41) is 9.10. The van der Waals surface area contributed by atoms with Gasteiger partial charge in [0.05, 0.1) is 22.3 Å². The van der Waals surface area contributed by atoms with Crippen molar-refractivity contribution < 1.29 is 9.90 Å². The van der Waals surface area contributed by atoms with Crippen molar-refractivity contribution in [3.63, 3.8) is 0 Å². The van der Waals surface area contributed by atoms with Crippen LogP contribution in [0.5, 0.6) is 0 Å². The Kier molecular flexibility index (Phi) is 3.17. The molecular formula is C15H11BrN2O3. The van der Waals surface area contributed by atoms with E-state index in [-0.39, 0.29) is 11.3 Å². The minimum Gasteiger partial charge on any atom is -0.478 e. The number of aromatic nitrogens is 2. The number of fused-ring (bicyclic) bond motifs is 1. The number of benzene rings is 2. The van der Waals surface area contributed by atoms with Gasteiger partial charge in [-0.3, -0.25) is 4.57 Å². The average molecular weight is 347 g/mol. The highest BCUT2D eigenvalue weighted by atomic mass is 79.9. The van der Waals surface area contributed by atoms with Crippen molar-refractivity contribution in [2.45, 2.75) is 6.92 Å². The monoisotopic (exact) mass is 346 g/mol. The van der Waals surface area contributed by atoms with Gasteiger partial charge >= 0.3 is 11.7 Å². The highest BCUT2D eigenvalue weighted by molar-refractivity contribution is 9.10. The van der Waals surface area contributed by atoms with E-state index in [2.05, 4.69) is 20.9 Å². The summed E-state index contributed by atoms with van der Waals surface area (Å²) in [6.45, 7) is 1.90. The molecule has 106 valence electrons. The second-order valence-electron chi connectivity index (χ2n) is 4.73. The van der Waals surface area contributed by atoms with E-state index in [1.165, 1.54) is 16.7 Å². The van der Waals surface area contributed by atoms with Crippen LogP contribution in [-0.4, -0.2) is 20.6 Å². The largest absolute Gasteiger partial charge is 0.478 e. The molecule has 0 saturated carbocycles. The summed E-state index contributed by atoms with van der Waals surface area (Å²) in [4.78, 5) is 26.0. The van der Waals surface area contributed by atoms with Crippen LogP contribution in [0.4, 0.5) is 0 Å². The number of halogens is 1. The van der Waals surface area contributed by atoms with Crippen LogP contribution < -0.4 is 5.69 Å². The number of rotatable bonds is 2. The summed E-state index contributed by atoms with van der Waals surface area (Å²) in [6.07, 6.45) is 0. The number of hydrogen-bond acceptors (Lipinski definition) is 2. The van der Waals surface area contributed by atoms with Crippen LogP contribution >= 0.6 is 15.9 Å². The van der Waals surface area contributed by atoms with Gasteiger partial charge in [-0.05, 0) is 48.9 Å². The molecule has 6 heteroatoms. The van der Waals surface area contributed by atoms with E-state index in [1.807, 2.05) is 25.1 Å². The number of carboxylic acid groups (broad SMARTS) is 1. The first-order valence-corrected chi connectivity index (χ1v) is 7.01. The zero-order chi connectivity index (χ0) is 15.1. The highest BCUT2D eigenvalue weighted by Crippen LogP contribution is 2.22. The highest BCUT2D eigenvalue weighted by Gasteiger charge is 2.13. The van der Waals surface area contributed by atoms with E-state index in [0.29, 0.717) is 11.0 Å². The molecule has 3 aromatic rings. The summed E-state index contributed by atoms with van der Waals surface area (Å²) in [7, 11) is 0. The van der Waals surface area contributed by atoms with Crippen LogP contribution in [0.15, 0.2) is 45.7 Å². The first-order valence-electron chi connectivity index (χ1n) is 6.22. The summed E-state index contributed by atoms with van der Waals surface area (Å²) in [5.74, 6) is -1.02. The van der Waals surface area contributed by atoms with Gasteiger partial charge in [-0.1, -0.05) is 15.9 Å². The van der Waals surface area contributed by atoms with Gasteiger partial charge in [0.25, 0.3) is 0 Å². The molecule has 3 rings (SSSR count). The number of nitrogens with one attached hydrogen (secondary N) is 1. The molecule has 2 N–H and O–H groups in total. The van der Waals surface area contributed by atoms with Crippen molar-refractivity contribution in [3.8, 4) is 5.69 Å². The van der Waals surface area contributed by atoms with Gasteiger partial charge in [-0.25, -0.2) is 9.59 Å². The van der Waals surface area contributed by atoms with Crippen molar-refractivity contribution >= 4 is 32.9 Å². The quantitative estimate of drug-likeness (QED) is 0.748. The number of H-pyrrole nitrogens is 1. The number of hydrogen-bond donors (Lipinski definition) is 2. The molecule has 1 aromatic heterocycles. The van der Waals surface area contributed by atoms with Crippen molar-refractivity contribution in [1.82, 2.24) is 9.55 Å². The molecule has 0 spiro atoms. The van der Waals surface area contributed by atoms with Gasteiger partial charge in [0.1, 0.15) is 0 Å². The standard InChI is InChI=1S/C15H11BrN2O3/c1-8-6-10(16)3-5-12(8)18-13-7-9(14(19)20)2-4-11(13)17-15(18)21/h2-7H,1H3,(H,17,21)(H,19,20). The van der Waals surface area contributed by atoms with E-state index in [4.69, 9.17) is 5.11 Å². The van der Waals surface area contributed by atoms with Gasteiger partial charge in [-0.15, -0.1) is 0 Å². The molecular weight excluding hydrogens is 336 g/mol. The Morgan fingerprint density at radius 2 is 2.00 bits per heavy atom. The van der Waals surface area contributed by atoms with Gasteiger partial charge in [0.15, 0.2) is 0 Å². The average Bonchev–Trinajstić information content (AvgIpc) is 2.74. The number of carboxylic acids is 1.